The van der Waals surface area contributed by atoms with Crippen molar-refractivity contribution in [3.05, 3.63) is 52.3 Å². The van der Waals surface area contributed by atoms with E-state index in [0.29, 0.717) is 11.4 Å². The summed E-state index contributed by atoms with van der Waals surface area (Å²) in [5, 5.41) is 13.4. The molecule has 0 aliphatic rings. The van der Waals surface area contributed by atoms with Crippen LogP contribution in [0.4, 0.5) is 11.6 Å². The Morgan fingerprint density at radius 1 is 1.29 bits per heavy atom. The molecule has 0 amide bonds. The molecule has 0 spiro atoms. The van der Waals surface area contributed by atoms with Gasteiger partial charge in [-0.05, 0) is 31.3 Å². The van der Waals surface area contributed by atoms with Crippen LogP contribution in [0.1, 0.15) is 5.76 Å². The molecule has 0 aliphatic heterocycles. The molecule has 0 radical (unpaired) electrons. The summed E-state index contributed by atoms with van der Waals surface area (Å²) in [5.74, 6) is 0.0434. The van der Waals surface area contributed by atoms with Crippen LogP contribution in [0.15, 0.2) is 45.7 Å². The molecule has 8 nitrogen and oxygen atoms in total. The van der Waals surface area contributed by atoms with E-state index >= 15 is 0 Å². The van der Waals surface area contributed by atoms with E-state index in [4.69, 9.17) is 4.42 Å². The molecule has 21 heavy (non-hydrogen) atoms. The summed E-state index contributed by atoms with van der Waals surface area (Å²) < 4.78 is 30.6. The monoisotopic (exact) mass is 311 g/mol. The van der Waals surface area contributed by atoms with Crippen molar-refractivity contribution >= 4 is 21.6 Å². The van der Waals surface area contributed by atoms with Crippen molar-refractivity contribution in [1.82, 2.24) is 4.72 Å². The summed E-state index contributed by atoms with van der Waals surface area (Å²) >= 11 is 0. The number of rotatable bonds is 6. The maximum Gasteiger partial charge on any atom is 0.433 e. The van der Waals surface area contributed by atoms with E-state index in [0.717, 1.165) is 0 Å². The van der Waals surface area contributed by atoms with Crippen LogP contribution in [-0.4, -0.2) is 20.4 Å². The largest absolute Gasteiger partial charge is 0.433 e. The van der Waals surface area contributed by atoms with Crippen LogP contribution in [0, 0.1) is 10.1 Å². The average Bonchev–Trinajstić information content (AvgIpc) is 2.94. The fourth-order valence-corrected chi connectivity index (χ4v) is 2.42. The van der Waals surface area contributed by atoms with Crippen LogP contribution in [0.3, 0.4) is 0 Å². The summed E-state index contributed by atoms with van der Waals surface area (Å²) in [5.41, 5.74) is 0.561. The maximum absolute atomic E-state index is 11.7. The van der Waals surface area contributed by atoms with Gasteiger partial charge in [0.25, 0.3) is 0 Å². The first-order valence-corrected chi connectivity index (χ1v) is 7.41. The Morgan fingerprint density at radius 3 is 2.67 bits per heavy atom. The number of furan rings is 1. The van der Waals surface area contributed by atoms with E-state index < -0.39 is 14.9 Å². The lowest BCUT2D eigenvalue weighted by atomic mass is 10.3. The third-order valence-electron chi connectivity index (χ3n) is 2.71. The molecule has 0 unspecified atom stereocenters. The van der Waals surface area contributed by atoms with Crippen molar-refractivity contribution in [3.8, 4) is 0 Å². The molecule has 2 N–H and O–H groups in total. The minimum Gasteiger partial charge on any atom is -0.404 e. The molecule has 2 rings (SSSR count). The topological polar surface area (TPSA) is 114 Å². The lowest BCUT2D eigenvalue weighted by Crippen LogP contribution is -2.18. The van der Waals surface area contributed by atoms with Gasteiger partial charge >= 0.3 is 5.88 Å². The standard InChI is InChI=1S/C12H13N3O5S/c1-13-21(18,19)11-4-2-3-9(7-11)14-8-10-5-6-12(20-10)15(16)17/h2-7,13-14H,8H2,1H3. The highest BCUT2D eigenvalue weighted by molar-refractivity contribution is 7.89. The molecule has 0 saturated heterocycles. The second kappa shape index (κ2) is 5.94. The highest BCUT2D eigenvalue weighted by Crippen LogP contribution is 2.19. The van der Waals surface area contributed by atoms with Gasteiger partial charge in [-0.2, -0.15) is 0 Å². The van der Waals surface area contributed by atoms with Crippen LogP contribution < -0.4 is 10.0 Å². The highest BCUT2D eigenvalue weighted by atomic mass is 32.2. The van der Waals surface area contributed by atoms with E-state index in [-0.39, 0.29) is 17.3 Å². The van der Waals surface area contributed by atoms with E-state index in [9.17, 15) is 18.5 Å². The molecular weight excluding hydrogens is 298 g/mol. The van der Waals surface area contributed by atoms with Gasteiger partial charge in [-0.25, -0.2) is 13.1 Å². The van der Waals surface area contributed by atoms with Crippen molar-refractivity contribution in [3.63, 3.8) is 0 Å². The Hall–Kier alpha value is -2.39. The third kappa shape index (κ3) is 3.58. The second-order valence-corrected chi connectivity index (χ2v) is 5.97. The van der Waals surface area contributed by atoms with E-state index in [1.807, 2.05) is 0 Å². The second-order valence-electron chi connectivity index (χ2n) is 4.09. The van der Waals surface area contributed by atoms with Crippen LogP contribution in [0.25, 0.3) is 0 Å². The number of hydrogen-bond donors (Lipinski definition) is 2. The molecule has 0 atom stereocenters. The van der Waals surface area contributed by atoms with E-state index in [2.05, 4.69) is 10.0 Å². The number of nitrogens with zero attached hydrogens (tertiary/aromatic N) is 1. The van der Waals surface area contributed by atoms with Crippen molar-refractivity contribution in [1.29, 1.82) is 0 Å². The number of benzene rings is 1. The minimum absolute atomic E-state index is 0.125. The quantitative estimate of drug-likeness (QED) is 0.620. The van der Waals surface area contributed by atoms with E-state index in [1.54, 1.807) is 12.1 Å². The molecule has 0 aliphatic carbocycles. The first-order chi connectivity index (χ1) is 9.92. The number of anilines is 1. The Morgan fingerprint density at radius 2 is 2.05 bits per heavy atom. The molecule has 0 bridgehead atoms. The Bertz CT molecular complexity index is 754. The fraction of sp³-hybridized carbons (Fsp3) is 0.167. The summed E-state index contributed by atoms with van der Waals surface area (Å²) in [6.07, 6.45) is 0. The lowest BCUT2D eigenvalue weighted by molar-refractivity contribution is -0.402. The van der Waals surface area contributed by atoms with Crippen LogP contribution >= 0.6 is 0 Å². The van der Waals surface area contributed by atoms with Gasteiger partial charge in [0.2, 0.25) is 10.0 Å². The van der Waals surface area contributed by atoms with Crippen molar-refractivity contribution < 1.29 is 17.8 Å². The van der Waals surface area contributed by atoms with Gasteiger partial charge in [-0.3, -0.25) is 10.1 Å². The summed E-state index contributed by atoms with van der Waals surface area (Å²) in [6.45, 7) is 0.205. The molecule has 1 heterocycles. The first-order valence-electron chi connectivity index (χ1n) is 5.93. The number of hydrogen-bond acceptors (Lipinski definition) is 6. The third-order valence-corrected chi connectivity index (χ3v) is 4.12. The number of nitrogens with one attached hydrogen (secondary N) is 2. The minimum atomic E-state index is -3.51. The molecule has 1 aromatic heterocycles. The molecule has 1 aromatic carbocycles. The average molecular weight is 311 g/mol. The normalized spacial score (nSPS) is 11.3. The van der Waals surface area contributed by atoms with Gasteiger partial charge in [-0.1, -0.05) is 6.07 Å². The predicted octanol–water partition coefficient (Wildman–Crippen LogP) is 1.71. The Balaban J connectivity index is 2.10. The molecule has 0 fully saturated rings. The fourth-order valence-electron chi connectivity index (χ4n) is 1.64. The molecule has 0 saturated carbocycles. The molecular formula is C12H13N3O5S. The summed E-state index contributed by atoms with van der Waals surface area (Å²) in [6, 6.07) is 8.96. The zero-order chi connectivity index (χ0) is 15.5. The predicted molar refractivity (Wildman–Crippen MR) is 75.4 cm³/mol. The van der Waals surface area contributed by atoms with Gasteiger partial charge in [0.15, 0.2) is 0 Å². The molecule has 2 aromatic rings. The smallest absolute Gasteiger partial charge is 0.404 e. The highest BCUT2D eigenvalue weighted by Gasteiger charge is 2.13. The summed E-state index contributed by atoms with van der Waals surface area (Å²) in [4.78, 5) is 10.00. The molecule has 112 valence electrons. The van der Waals surface area contributed by atoms with E-state index in [1.165, 1.54) is 31.3 Å². The van der Waals surface area contributed by atoms with Crippen LogP contribution in [0.5, 0.6) is 0 Å². The van der Waals surface area contributed by atoms with Crippen LogP contribution in [0.2, 0.25) is 0 Å². The van der Waals surface area contributed by atoms with Gasteiger partial charge in [0.1, 0.15) is 10.7 Å². The molecule has 9 heteroatoms. The number of sulfonamides is 1. The van der Waals surface area contributed by atoms with Crippen molar-refractivity contribution in [2.75, 3.05) is 12.4 Å². The van der Waals surface area contributed by atoms with Crippen LogP contribution in [-0.2, 0) is 16.6 Å². The van der Waals surface area contributed by atoms with Gasteiger partial charge < -0.3 is 9.73 Å². The Labute approximate surface area is 121 Å². The zero-order valence-corrected chi connectivity index (χ0v) is 11.9. The van der Waals surface area contributed by atoms with Gasteiger partial charge in [-0.15, -0.1) is 0 Å². The van der Waals surface area contributed by atoms with Crippen molar-refractivity contribution in [2.45, 2.75) is 11.4 Å². The SMILES string of the molecule is CNS(=O)(=O)c1cccc(NCc2ccc([N+](=O)[O-])o2)c1. The Kier molecular flexibility index (Phi) is 4.24. The first kappa shape index (κ1) is 15.0. The lowest BCUT2D eigenvalue weighted by Gasteiger charge is -2.07. The summed E-state index contributed by atoms with van der Waals surface area (Å²) in [7, 11) is -2.18. The maximum atomic E-state index is 11.7. The van der Waals surface area contributed by atoms with Crippen molar-refractivity contribution in [2.24, 2.45) is 0 Å². The van der Waals surface area contributed by atoms with Gasteiger partial charge in [0.05, 0.1) is 17.5 Å². The number of nitro groups is 1. The zero-order valence-electron chi connectivity index (χ0n) is 11.1. The van der Waals surface area contributed by atoms with Gasteiger partial charge in [0, 0.05) is 5.69 Å².